The van der Waals surface area contributed by atoms with Gasteiger partial charge in [-0.1, -0.05) is 43.2 Å². The van der Waals surface area contributed by atoms with Crippen LogP contribution < -0.4 is 10.1 Å². The molecular weight excluding hydrogens is 632 g/mol. The van der Waals surface area contributed by atoms with Crippen molar-refractivity contribution in [1.82, 2.24) is 20.2 Å². The zero-order valence-corrected chi connectivity index (χ0v) is 28.3. The lowest BCUT2D eigenvalue weighted by atomic mass is 9.92. The van der Waals surface area contributed by atoms with Gasteiger partial charge < -0.3 is 24.8 Å². The van der Waals surface area contributed by atoms with Gasteiger partial charge >= 0.3 is 12.1 Å². The summed E-state index contributed by atoms with van der Waals surface area (Å²) in [4.78, 5) is 65.8. The number of amides is 2. The molecule has 12 heteroatoms. The predicted octanol–water partition coefficient (Wildman–Crippen LogP) is 6.17. The highest BCUT2D eigenvalue weighted by atomic mass is 32.1. The number of ketones is 1. The van der Waals surface area contributed by atoms with E-state index in [-0.39, 0.29) is 31.1 Å². The molecule has 1 saturated carbocycles. The molecular formula is C36H42N4O7S. The van der Waals surface area contributed by atoms with E-state index in [0.29, 0.717) is 41.9 Å². The first kappa shape index (κ1) is 33.6. The van der Waals surface area contributed by atoms with Crippen LogP contribution in [0.25, 0.3) is 21.6 Å². The van der Waals surface area contributed by atoms with Crippen LogP contribution in [-0.4, -0.2) is 74.1 Å². The molecule has 1 aromatic carbocycles. The third-order valence-electron chi connectivity index (χ3n) is 9.26. The van der Waals surface area contributed by atoms with Crippen molar-refractivity contribution >= 4 is 46.1 Å². The van der Waals surface area contributed by atoms with Crippen LogP contribution in [0.5, 0.6) is 5.88 Å². The average molecular weight is 675 g/mol. The molecule has 0 bridgehead atoms. The second-order valence-corrected chi connectivity index (χ2v) is 15.0. The Kier molecular flexibility index (Phi) is 9.55. The standard InChI is InChI=1S/C36H42N4O7S/c1-35(2,3)47-34(45)39-26-15-8-6-4-5-7-12-22-19-36(22,33(43)44)20-28(41)27-18-23(21-40(27)32(26)42)46-31-30(29-16-11-17-48-29)37-24-13-9-10-14-25(24)38-31/h7,9-14,16-17,22-23,26-27H,4-6,8,15,18-21H2,1-3H3,(H,39,45)(H,43,44)/b12-7-/t22-,23-,26+,27+,36-/m1/s1. The molecule has 0 radical (unpaired) electrons. The number of allylic oxidation sites excluding steroid dienone is 2. The predicted molar refractivity (Wildman–Crippen MR) is 181 cm³/mol. The number of carbonyl (C=O) groups excluding carboxylic acids is 3. The Labute approximate surface area is 283 Å². The fraction of sp³-hybridized carbons (Fsp3) is 0.500. The Hall–Kier alpha value is -4.32. The minimum atomic E-state index is -1.19. The minimum Gasteiger partial charge on any atom is -0.481 e. The van der Waals surface area contributed by atoms with Crippen LogP contribution in [0.3, 0.4) is 0 Å². The molecule has 1 saturated heterocycles. The quantitative estimate of drug-likeness (QED) is 0.303. The molecule has 48 heavy (non-hydrogen) atoms. The number of nitrogens with zero attached hydrogens (tertiary/aromatic N) is 3. The lowest BCUT2D eigenvalue weighted by Crippen LogP contribution is -2.52. The monoisotopic (exact) mass is 674 g/mol. The van der Waals surface area contributed by atoms with E-state index in [0.717, 1.165) is 24.1 Å². The van der Waals surface area contributed by atoms with Crippen LogP contribution in [0.4, 0.5) is 4.79 Å². The van der Waals surface area contributed by atoms with Crippen LogP contribution in [0, 0.1) is 11.3 Å². The largest absolute Gasteiger partial charge is 0.481 e. The number of rotatable bonds is 5. The van der Waals surface area contributed by atoms with Crippen molar-refractivity contribution in [2.45, 2.75) is 95.9 Å². The third kappa shape index (κ3) is 7.38. The van der Waals surface area contributed by atoms with Crippen LogP contribution in [0.15, 0.2) is 53.9 Å². The molecule has 3 aromatic rings. The molecule has 2 fully saturated rings. The van der Waals surface area contributed by atoms with Crippen molar-refractivity contribution < 1.29 is 33.8 Å². The minimum absolute atomic E-state index is 0.0591. The molecule has 6 rings (SSSR count). The van der Waals surface area contributed by atoms with Crippen molar-refractivity contribution in [2.75, 3.05) is 6.54 Å². The number of para-hydroxylation sites is 2. The van der Waals surface area contributed by atoms with Gasteiger partial charge in [0.05, 0.1) is 33.9 Å². The number of aliphatic carboxylic acids is 1. The van der Waals surface area contributed by atoms with Crippen molar-refractivity contribution in [3.05, 3.63) is 53.9 Å². The summed E-state index contributed by atoms with van der Waals surface area (Å²) in [6, 6.07) is 9.46. The van der Waals surface area contributed by atoms with Crippen LogP contribution in [0.1, 0.15) is 72.1 Å². The van der Waals surface area contributed by atoms with Gasteiger partial charge in [-0.2, -0.15) is 0 Å². The molecule has 0 spiro atoms. The number of aromatic nitrogens is 2. The normalized spacial score (nSPS) is 27.3. The first-order valence-corrected chi connectivity index (χ1v) is 17.5. The number of thiophene rings is 1. The van der Waals surface area contributed by atoms with E-state index in [9.17, 15) is 24.3 Å². The molecule has 3 aliphatic rings. The highest BCUT2D eigenvalue weighted by Crippen LogP contribution is 2.57. The number of carboxylic acid groups (broad SMARTS) is 1. The molecule has 1 aliphatic carbocycles. The Balaban J connectivity index is 1.32. The Morgan fingerprint density at radius 1 is 1.06 bits per heavy atom. The van der Waals surface area contributed by atoms with E-state index in [1.54, 1.807) is 20.8 Å². The van der Waals surface area contributed by atoms with E-state index in [1.165, 1.54) is 16.2 Å². The van der Waals surface area contributed by atoms with Gasteiger partial charge in [-0.3, -0.25) is 14.4 Å². The van der Waals surface area contributed by atoms with Gasteiger partial charge in [0.15, 0.2) is 5.78 Å². The summed E-state index contributed by atoms with van der Waals surface area (Å²) in [7, 11) is 0. The van der Waals surface area contributed by atoms with Crippen LogP contribution >= 0.6 is 11.3 Å². The zero-order chi connectivity index (χ0) is 34.1. The highest BCUT2D eigenvalue weighted by molar-refractivity contribution is 7.13. The van der Waals surface area contributed by atoms with Gasteiger partial charge in [-0.15, -0.1) is 11.3 Å². The fourth-order valence-electron chi connectivity index (χ4n) is 6.72. The number of hydrogen-bond donors (Lipinski definition) is 2. The number of carboxylic acids is 1. The summed E-state index contributed by atoms with van der Waals surface area (Å²) >= 11 is 1.50. The summed E-state index contributed by atoms with van der Waals surface area (Å²) in [6.45, 7) is 5.31. The maximum Gasteiger partial charge on any atom is 0.408 e. The second-order valence-electron chi connectivity index (χ2n) is 14.0. The number of fused-ring (bicyclic) bond motifs is 3. The summed E-state index contributed by atoms with van der Waals surface area (Å²) in [6.07, 6.45) is 6.42. The van der Waals surface area contributed by atoms with Crippen molar-refractivity contribution in [2.24, 2.45) is 11.3 Å². The van der Waals surface area contributed by atoms with Gasteiger partial charge in [0.1, 0.15) is 23.4 Å². The Bertz CT molecular complexity index is 1720. The molecule has 254 valence electrons. The molecule has 2 aliphatic heterocycles. The van der Waals surface area contributed by atoms with E-state index in [2.05, 4.69) is 5.32 Å². The van der Waals surface area contributed by atoms with Gasteiger partial charge in [0.25, 0.3) is 0 Å². The van der Waals surface area contributed by atoms with Crippen LogP contribution in [-0.2, 0) is 19.1 Å². The van der Waals surface area contributed by atoms with Gasteiger partial charge in [0.2, 0.25) is 11.8 Å². The van der Waals surface area contributed by atoms with Crippen LogP contribution in [0.2, 0.25) is 0 Å². The number of carbonyl (C=O) groups is 4. The second kappa shape index (κ2) is 13.7. The maximum atomic E-state index is 14.3. The van der Waals surface area contributed by atoms with Crippen molar-refractivity contribution in [1.29, 1.82) is 0 Å². The van der Waals surface area contributed by atoms with E-state index < -0.39 is 47.2 Å². The lowest BCUT2D eigenvalue weighted by molar-refractivity contribution is -0.147. The first-order valence-electron chi connectivity index (χ1n) is 16.6. The molecule has 5 atom stereocenters. The molecule has 11 nitrogen and oxygen atoms in total. The Morgan fingerprint density at radius 3 is 2.54 bits per heavy atom. The van der Waals surface area contributed by atoms with Gasteiger partial charge in [-0.25, -0.2) is 14.8 Å². The summed E-state index contributed by atoms with van der Waals surface area (Å²) in [5, 5.41) is 14.9. The SMILES string of the molecule is CC(C)(C)OC(=O)N[C@H]1CCCCC/C=C\[C@@H]2C[C@@]2(C(=O)O)CC(=O)[C@@H]2C[C@@H](Oc3nc4ccccc4nc3-c3cccs3)CN2C1=O. The number of nitrogens with one attached hydrogen (secondary N) is 1. The summed E-state index contributed by atoms with van der Waals surface area (Å²) < 4.78 is 12.0. The summed E-state index contributed by atoms with van der Waals surface area (Å²) in [5.74, 6) is -1.69. The number of ether oxygens (including phenoxy) is 2. The summed E-state index contributed by atoms with van der Waals surface area (Å²) in [5.41, 5.74) is -0.0393. The number of benzene rings is 1. The zero-order valence-electron chi connectivity index (χ0n) is 27.5. The molecule has 0 unspecified atom stereocenters. The number of hydrogen-bond acceptors (Lipinski definition) is 9. The highest BCUT2D eigenvalue weighted by Gasteiger charge is 2.61. The maximum absolute atomic E-state index is 14.3. The number of alkyl carbamates (subject to hydrolysis) is 1. The van der Waals surface area contributed by atoms with Crippen molar-refractivity contribution in [3.8, 4) is 16.5 Å². The van der Waals surface area contributed by atoms with E-state index in [1.807, 2.05) is 53.9 Å². The lowest BCUT2D eigenvalue weighted by Gasteiger charge is -2.30. The fourth-order valence-corrected chi connectivity index (χ4v) is 7.43. The molecule has 4 heterocycles. The Morgan fingerprint density at radius 2 is 1.83 bits per heavy atom. The molecule has 2 aromatic heterocycles. The third-order valence-corrected chi connectivity index (χ3v) is 10.1. The first-order chi connectivity index (χ1) is 22.9. The average Bonchev–Trinajstić information content (AvgIpc) is 3.34. The molecule has 2 amide bonds. The van der Waals surface area contributed by atoms with Gasteiger partial charge in [-0.05, 0) is 76.0 Å². The smallest absolute Gasteiger partial charge is 0.408 e. The van der Waals surface area contributed by atoms with E-state index in [4.69, 9.17) is 19.4 Å². The topological polar surface area (TPSA) is 148 Å². The number of Topliss-reactive ketones (excluding diaryl/α,β-unsaturated/α-hetero) is 1. The molecule has 2 N–H and O–H groups in total. The van der Waals surface area contributed by atoms with Gasteiger partial charge in [0, 0.05) is 12.8 Å². The van der Waals surface area contributed by atoms with Crippen molar-refractivity contribution in [3.63, 3.8) is 0 Å². The van der Waals surface area contributed by atoms with E-state index >= 15 is 0 Å².